The summed E-state index contributed by atoms with van der Waals surface area (Å²) in [7, 11) is 0. The molecular formula is C19H20BrN3OS. The van der Waals surface area contributed by atoms with Crippen LogP contribution in [0.25, 0.3) is 10.2 Å². The smallest absolute Gasteiger partial charge is 0.242 e. The molecule has 0 aliphatic carbocycles. The Morgan fingerprint density at radius 2 is 1.96 bits per heavy atom. The lowest BCUT2D eigenvalue weighted by molar-refractivity contribution is -0.117. The number of para-hydroxylation sites is 1. The average molecular weight is 418 g/mol. The van der Waals surface area contributed by atoms with E-state index in [0.29, 0.717) is 6.54 Å². The first kappa shape index (κ1) is 18.0. The van der Waals surface area contributed by atoms with E-state index in [2.05, 4.69) is 39.2 Å². The minimum Gasteiger partial charge on any atom is -0.302 e. The van der Waals surface area contributed by atoms with Crippen LogP contribution in [0.4, 0.5) is 5.13 Å². The van der Waals surface area contributed by atoms with E-state index >= 15 is 0 Å². The quantitative estimate of drug-likeness (QED) is 0.628. The fourth-order valence-corrected chi connectivity index (χ4v) is 4.34. The largest absolute Gasteiger partial charge is 0.302 e. The predicted octanol–water partition coefficient (Wildman–Crippen LogP) is 4.76. The molecule has 0 aliphatic heterocycles. The van der Waals surface area contributed by atoms with E-state index in [1.807, 2.05) is 49.4 Å². The molecular weight excluding hydrogens is 398 g/mol. The number of nitrogens with one attached hydrogen (secondary N) is 1. The van der Waals surface area contributed by atoms with Gasteiger partial charge >= 0.3 is 0 Å². The highest BCUT2D eigenvalue weighted by molar-refractivity contribution is 9.10. The fraction of sp³-hybridized carbons (Fsp3) is 0.263. The Bertz CT molecular complexity index is 847. The predicted molar refractivity (Wildman–Crippen MR) is 108 cm³/mol. The van der Waals surface area contributed by atoms with Crippen LogP contribution in [0.5, 0.6) is 0 Å². The average Bonchev–Trinajstić information content (AvgIpc) is 3.04. The van der Waals surface area contributed by atoms with Gasteiger partial charge < -0.3 is 5.32 Å². The third-order valence-electron chi connectivity index (χ3n) is 4.06. The monoisotopic (exact) mass is 417 g/mol. The Morgan fingerprint density at radius 1 is 1.24 bits per heavy atom. The second kappa shape index (κ2) is 8.08. The van der Waals surface area contributed by atoms with Crippen LogP contribution >= 0.6 is 27.3 Å². The number of carbonyl (C=O) groups is 1. The highest BCUT2D eigenvalue weighted by atomic mass is 79.9. The molecule has 0 radical (unpaired) electrons. The van der Waals surface area contributed by atoms with Gasteiger partial charge in [0.15, 0.2) is 5.13 Å². The standard InChI is InChI=1S/C19H20BrN3OS/c1-3-23(19-22-16-10-6-7-11-17(16)25-19)18(24)12-21-13(2)14-8-4-5-9-15(14)20/h4-11,13,21H,3,12H2,1-2H3. The van der Waals surface area contributed by atoms with Crippen molar-refractivity contribution in [2.45, 2.75) is 19.9 Å². The van der Waals surface area contributed by atoms with Gasteiger partial charge in [-0.1, -0.05) is 57.6 Å². The summed E-state index contributed by atoms with van der Waals surface area (Å²) in [6.07, 6.45) is 0. The molecule has 130 valence electrons. The van der Waals surface area contributed by atoms with E-state index in [-0.39, 0.29) is 18.5 Å². The van der Waals surface area contributed by atoms with Crippen LogP contribution in [0.15, 0.2) is 53.0 Å². The van der Waals surface area contributed by atoms with Crippen LogP contribution in [-0.4, -0.2) is 24.0 Å². The van der Waals surface area contributed by atoms with Crippen molar-refractivity contribution >= 4 is 48.5 Å². The zero-order valence-corrected chi connectivity index (χ0v) is 16.6. The summed E-state index contributed by atoms with van der Waals surface area (Å²) in [5, 5.41) is 4.07. The number of halogens is 1. The maximum Gasteiger partial charge on any atom is 0.242 e. The Morgan fingerprint density at radius 3 is 2.68 bits per heavy atom. The van der Waals surface area contributed by atoms with Gasteiger partial charge in [-0.3, -0.25) is 9.69 Å². The van der Waals surface area contributed by atoms with Gasteiger partial charge in [0.25, 0.3) is 0 Å². The molecule has 1 heterocycles. The number of anilines is 1. The third-order valence-corrected chi connectivity index (χ3v) is 5.84. The summed E-state index contributed by atoms with van der Waals surface area (Å²) in [6, 6.07) is 16.1. The molecule has 3 aromatic rings. The molecule has 2 aromatic carbocycles. The minimum absolute atomic E-state index is 0.0282. The Labute approximate surface area is 160 Å². The molecule has 1 aromatic heterocycles. The van der Waals surface area contributed by atoms with Gasteiger partial charge in [0.05, 0.1) is 16.8 Å². The number of hydrogen-bond acceptors (Lipinski definition) is 4. The Balaban J connectivity index is 1.69. The number of amides is 1. The lowest BCUT2D eigenvalue weighted by Crippen LogP contribution is -2.39. The maximum absolute atomic E-state index is 12.7. The van der Waals surface area contributed by atoms with Gasteiger partial charge in [0.1, 0.15) is 0 Å². The van der Waals surface area contributed by atoms with E-state index in [4.69, 9.17) is 0 Å². The first-order chi connectivity index (χ1) is 12.1. The lowest BCUT2D eigenvalue weighted by Gasteiger charge is -2.20. The van der Waals surface area contributed by atoms with Crippen molar-refractivity contribution in [1.29, 1.82) is 0 Å². The number of rotatable bonds is 6. The normalized spacial score (nSPS) is 12.3. The summed E-state index contributed by atoms with van der Waals surface area (Å²) < 4.78 is 2.14. The number of carbonyl (C=O) groups excluding carboxylic acids is 1. The van der Waals surface area contributed by atoms with Gasteiger partial charge in [-0.15, -0.1) is 0 Å². The van der Waals surface area contributed by atoms with Crippen molar-refractivity contribution in [3.05, 3.63) is 58.6 Å². The minimum atomic E-state index is 0.0282. The number of fused-ring (bicyclic) bond motifs is 1. The van der Waals surface area contributed by atoms with Gasteiger partial charge in [-0.25, -0.2) is 4.98 Å². The molecule has 0 aliphatic rings. The second-order valence-electron chi connectivity index (χ2n) is 5.73. The van der Waals surface area contributed by atoms with Crippen molar-refractivity contribution in [3.8, 4) is 0 Å². The van der Waals surface area contributed by atoms with Crippen LogP contribution in [0.3, 0.4) is 0 Å². The van der Waals surface area contributed by atoms with Gasteiger partial charge in [-0.2, -0.15) is 0 Å². The molecule has 4 nitrogen and oxygen atoms in total. The molecule has 1 N–H and O–H groups in total. The van der Waals surface area contributed by atoms with Crippen molar-refractivity contribution in [3.63, 3.8) is 0 Å². The molecule has 3 rings (SSSR count). The summed E-state index contributed by atoms with van der Waals surface area (Å²) in [6.45, 7) is 4.90. The Kier molecular flexibility index (Phi) is 5.83. The first-order valence-corrected chi connectivity index (χ1v) is 9.85. The SMILES string of the molecule is CCN(C(=O)CNC(C)c1ccccc1Br)c1nc2ccccc2s1. The van der Waals surface area contributed by atoms with Crippen LogP contribution < -0.4 is 10.2 Å². The van der Waals surface area contributed by atoms with Crippen molar-refractivity contribution in [2.24, 2.45) is 0 Å². The van der Waals surface area contributed by atoms with Crippen LogP contribution in [0.1, 0.15) is 25.5 Å². The molecule has 6 heteroatoms. The zero-order chi connectivity index (χ0) is 17.8. The molecule has 1 unspecified atom stereocenters. The number of likely N-dealkylation sites (N-methyl/N-ethyl adjacent to an activating group) is 1. The third kappa shape index (κ3) is 4.08. The summed E-state index contributed by atoms with van der Waals surface area (Å²) >= 11 is 5.11. The van der Waals surface area contributed by atoms with Crippen LogP contribution in [-0.2, 0) is 4.79 Å². The van der Waals surface area contributed by atoms with E-state index in [1.165, 1.54) is 0 Å². The first-order valence-electron chi connectivity index (χ1n) is 8.24. The summed E-state index contributed by atoms with van der Waals surface area (Å²) in [4.78, 5) is 19.0. The molecule has 25 heavy (non-hydrogen) atoms. The zero-order valence-electron chi connectivity index (χ0n) is 14.2. The molecule has 0 saturated heterocycles. The number of benzene rings is 2. The molecule has 0 bridgehead atoms. The number of thiazole rings is 1. The fourth-order valence-electron chi connectivity index (χ4n) is 2.67. The highest BCUT2D eigenvalue weighted by Crippen LogP contribution is 2.28. The van der Waals surface area contributed by atoms with Crippen molar-refractivity contribution < 1.29 is 4.79 Å². The van der Waals surface area contributed by atoms with Gasteiger partial charge in [-0.05, 0) is 37.6 Å². The van der Waals surface area contributed by atoms with E-state index in [0.717, 1.165) is 25.4 Å². The molecule has 1 amide bonds. The number of nitrogens with zero attached hydrogens (tertiary/aromatic N) is 2. The van der Waals surface area contributed by atoms with Crippen LogP contribution in [0.2, 0.25) is 0 Å². The molecule has 1 atom stereocenters. The molecule has 0 fully saturated rings. The van der Waals surface area contributed by atoms with Gasteiger partial charge in [0.2, 0.25) is 5.91 Å². The van der Waals surface area contributed by atoms with E-state index in [9.17, 15) is 4.79 Å². The maximum atomic E-state index is 12.7. The molecule has 0 spiro atoms. The molecule has 0 saturated carbocycles. The lowest BCUT2D eigenvalue weighted by atomic mass is 10.1. The van der Waals surface area contributed by atoms with Gasteiger partial charge in [0, 0.05) is 17.1 Å². The van der Waals surface area contributed by atoms with Crippen molar-refractivity contribution in [1.82, 2.24) is 10.3 Å². The number of hydrogen-bond donors (Lipinski definition) is 1. The second-order valence-corrected chi connectivity index (χ2v) is 7.59. The number of aromatic nitrogens is 1. The van der Waals surface area contributed by atoms with E-state index < -0.39 is 0 Å². The van der Waals surface area contributed by atoms with Crippen molar-refractivity contribution in [2.75, 3.05) is 18.0 Å². The Hall–Kier alpha value is -1.76. The van der Waals surface area contributed by atoms with E-state index in [1.54, 1.807) is 16.2 Å². The summed E-state index contributed by atoms with van der Waals surface area (Å²) in [5.41, 5.74) is 2.07. The highest BCUT2D eigenvalue weighted by Gasteiger charge is 2.19. The van der Waals surface area contributed by atoms with Crippen LogP contribution in [0, 0.1) is 0 Å². The summed E-state index contributed by atoms with van der Waals surface area (Å²) in [5.74, 6) is 0.0282. The topological polar surface area (TPSA) is 45.2 Å².